The number of hydrogen-bond donors (Lipinski definition) is 1. The lowest BCUT2D eigenvalue weighted by Gasteiger charge is -1.95. The predicted octanol–water partition coefficient (Wildman–Crippen LogP) is 0.806. The molecule has 0 unspecified atom stereocenters. The van der Waals surface area contributed by atoms with Gasteiger partial charge in [-0.15, -0.1) is 0 Å². The molecule has 0 spiro atoms. The van der Waals surface area contributed by atoms with Gasteiger partial charge in [-0.25, -0.2) is 4.79 Å². The molecule has 1 fully saturated rings. The van der Waals surface area contributed by atoms with E-state index in [-0.39, 0.29) is 5.57 Å². The average molecular weight is 142 g/mol. The fourth-order valence-corrected chi connectivity index (χ4v) is 0.677. The molecule has 56 valence electrons. The van der Waals surface area contributed by atoms with E-state index >= 15 is 0 Å². The Morgan fingerprint density at radius 2 is 2.40 bits per heavy atom. The first-order valence-corrected chi connectivity index (χ1v) is 3.23. The van der Waals surface area contributed by atoms with Crippen LogP contribution in [0.1, 0.15) is 12.8 Å². The van der Waals surface area contributed by atoms with E-state index in [1.807, 2.05) is 0 Å². The topological polar surface area (TPSA) is 49.8 Å². The van der Waals surface area contributed by atoms with Crippen LogP contribution in [0.4, 0.5) is 0 Å². The molecular formula is C7H10O3. The van der Waals surface area contributed by atoms with Crippen LogP contribution >= 0.6 is 0 Å². The summed E-state index contributed by atoms with van der Waals surface area (Å²) in [4.78, 5) is 10.2. The van der Waals surface area contributed by atoms with Crippen LogP contribution in [0.2, 0.25) is 0 Å². The van der Waals surface area contributed by atoms with Gasteiger partial charge in [0, 0.05) is 5.57 Å². The molecule has 1 saturated heterocycles. The number of hydrogen-bond acceptors (Lipinski definition) is 2. The second-order valence-corrected chi connectivity index (χ2v) is 2.40. The molecule has 10 heavy (non-hydrogen) atoms. The smallest absolute Gasteiger partial charge is 0.330 e. The molecule has 1 heterocycles. The fraction of sp³-hybridized carbons (Fsp3) is 0.571. The molecule has 0 bridgehead atoms. The minimum Gasteiger partial charge on any atom is -0.478 e. The lowest BCUT2D eigenvalue weighted by atomic mass is 10.1. The van der Waals surface area contributed by atoms with Gasteiger partial charge in [-0.2, -0.15) is 0 Å². The second-order valence-electron chi connectivity index (χ2n) is 2.40. The Morgan fingerprint density at radius 1 is 1.80 bits per heavy atom. The molecular weight excluding hydrogens is 132 g/mol. The largest absolute Gasteiger partial charge is 0.478 e. The zero-order valence-electron chi connectivity index (χ0n) is 5.67. The molecule has 0 aromatic carbocycles. The summed E-state index contributed by atoms with van der Waals surface area (Å²) < 4.78 is 4.90. The van der Waals surface area contributed by atoms with Gasteiger partial charge in [-0.3, -0.25) is 0 Å². The number of carboxylic acids is 1. The summed E-state index contributed by atoms with van der Waals surface area (Å²) in [7, 11) is 0. The van der Waals surface area contributed by atoms with E-state index in [2.05, 4.69) is 6.58 Å². The highest BCUT2D eigenvalue weighted by Crippen LogP contribution is 2.17. The zero-order valence-corrected chi connectivity index (χ0v) is 5.67. The Balaban J connectivity index is 2.11. The van der Waals surface area contributed by atoms with E-state index in [1.54, 1.807) is 0 Å². The van der Waals surface area contributed by atoms with Crippen molar-refractivity contribution in [2.24, 2.45) is 0 Å². The van der Waals surface area contributed by atoms with E-state index in [9.17, 15) is 4.79 Å². The van der Waals surface area contributed by atoms with Gasteiger partial charge >= 0.3 is 5.97 Å². The molecule has 0 aromatic rings. The summed E-state index contributed by atoms with van der Waals surface area (Å²) in [5, 5.41) is 8.37. The third-order valence-corrected chi connectivity index (χ3v) is 1.47. The van der Waals surface area contributed by atoms with Gasteiger partial charge in [-0.1, -0.05) is 6.58 Å². The molecule has 1 atom stereocenters. The third-order valence-electron chi connectivity index (χ3n) is 1.47. The first kappa shape index (κ1) is 7.28. The second kappa shape index (κ2) is 2.84. The number of ether oxygens (including phenoxy) is 1. The monoisotopic (exact) mass is 142 g/mol. The van der Waals surface area contributed by atoms with Gasteiger partial charge < -0.3 is 9.84 Å². The minimum absolute atomic E-state index is 0.274. The Hall–Kier alpha value is -0.830. The van der Waals surface area contributed by atoms with Crippen LogP contribution in [-0.4, -0.2) is 23.8 Å². The maximum atomic E-state index is 10.2. The van der Waals surface area contributed by atoms with Crippen LogP contribution in [0, 0.1) is 0 Å². The Bertz CT molecular complexity index is 158. The van der Waals surface area contributed by atoms with Crippen molar-refractivity contribution in [3.8, 4) is 0 Å². The Morgan fingerprint density at radius 3 is 2.80 bits per heavy atom. The summed E-state index contributed by atoms with van der Waals surface area (Å²) in [5.41, 5.74) is 0.274. The van der Waals surface area contributed by atoms with Crippen molar-refractivity contribution in [3.05, 3.63) is 12.2 Å². The quantitative estimate of drug-likeness (QED) is 0.466. The molecule has 0 amide bonds. The SMILES string of the molecule is C=C(CC[C@H]1CO1)C(=O)O. The first-order valence-electron chi connectivity index (χ1n) is 3.23. The summed E-state index contributed by atoms with van der Waals surface area (Å²) in [6, 6.07) is 0. The van der Waals surface area contributed by atoms with Gasteiger partial charge in [0.15, 0.2) is 0 Å². The maximum absolute atomic E-state index is 10.2. The first-order chi connectivity index (χ1) is 4.70. The van der Waals surface area contributed by atoms with Crippen LogP contribution < -0.4 is 0 Å². The molecule has 1 aliphatic heterocycles. The standard InChI is InChI=1S/C7H10O3/c1-5(7(8)9)2-3-6-4-10-6/h6H,1-4H2,(H,8,9)/t6-/m0/s1. The lowest BCUT2D eigenvalue weighted by molar-refractivity contribution is -0.132. The highest BCUT2D eigenvalue weighted by molar-refractivity contribution is 5.85. The van der Waals surface area contributed by atoms with Gasteiger partial charge in [0.2, 0.25) is 0 Å². The highest BCUT2D eigenvalue weighted by Gasteiger charge is 2.22. The van der Waals surface area contributed by atoms with Gasteiger partial charge in [-0.05, 0) is 12.8 Å². The molecule has 0 aromatic heterocycles. The van der Waals surface area contributed by atoms with Crippen molar-refractivity contribution < 1.29 is 14.6 Å². The molecule has 0 saturated carbocycles. The van der Waals surface area contributed by atoms with Crippen molar-refractivity contribution in [1.29, 1.82) is 0 Å². The summed E-state index contributed by atoms with van der Waals surface area (Å²) in [5.74, 6) is -0.902. The maximum Gasteiger partial charge on any atom is 0.330 e. The van der Waals surface area contributed by atoms with Crippen molar-refractivity contribution in [3.63, 3.8) is 0 Å². The van der Waals surface area contributed by atoms with E-state index < -0.39 is 5.97 Å². The molecule has 1 N–H and O–H groups in total. The number of rotatable bonds is 4. The zero-order chi connectivity index (χ0) is 7.56. The van der Waals surface area contributed by atoms with E-state index in [1.165, 1.54) is 0 Å². The van der Waals surface area contributed by atoms with E-state index in [0.29, 0.717) is 12.5 Å². The number of carboxylic acid groups (broad SMARTS) is 1. The summed E-state index contributed by atoms with van der Waals surface area (Å²) in [6.07, 6.45) is 1.64. The van der Waals surface area contributed by atoms with E-state index in [4.69, 9.17) is 9.84 Å². The van der Waals surface area contributed by atoms with E-state index in [0.717, 1.165) is 13.0 Å². The molecule has 0 aliphatic carbocycles. The van der Waals surface area contributed by atoms with Crippen molar-refractivity contribution >= 4 is 5.97 Å². The van der Waals surface area contributed by atoms with Crippen LogP contribution in [0.3, 0.4) is 0 Å². The molecule has 3 nitrogen and oxygen atoms in total. The summed E-state index contributed by atoms with van der Waals surface area (Å²) in [6.45, 7) is 4.18. The number of carbonyl (C=O) groups is 1. The van der Waals surface area contributed by atoms with Gasteiger partial charge in [0.25, 0.3) is 0 Å². The normalized spacial score (nSPS) is 22.2. The van der Waals surface area contributed by atoms with Crippen molar-refractivity contribution in [2.45, 2.75) is 18.9 Å². The number of aliphatic carboxylic acids is 1. The Kier molecular flexibility index (Phi) is 2.06. The van der Waals surface area contributed by atoms with Crippen molar-refractivity contribution in [1.82, 2.24) is 0 Å². The van der Waals surface area contributed by atoms with Crippen molar-refractivity contribution in [2.75, 3.05) is 6.61 Å². The number of epoxide rings is 1. The molecule has 1 aliphatic rings. The van der Waals surface area contributed by atoms with Gasteiger partial charge in [0.05, 0.1) is 12.7 Å². The van der Waals surface area contributed by atoms with Crippen LogP contribution in [0.25, 0.3) is 0 Å². The minimum atomic E-state index is -0.902. The highest BCUT2D eigenvalue weighted by atomic mass is 16.6. The fourth-order valence-electron chi connectivity index (χ4n) is 0.677. The predicted molar refractivity (Wildman–Crippen MR) is 35.7 cm³/mol. The van der Waals surface area contributed by atoms with Crippen LogP contribution in [0.15, 0.2) is 12.2 Å². The van der Waals surface area contributed by atoms with Gasteiger partial charge in [0.1, 0.15) is 0 Å². The molecule has 3 heteroatoms. The third kappa shape index (κ3) is 2.19. The average Bonchev–Trinajstić information content (AvgIpc) is 2.64. The molecule has 1 rings (SSSR count). The lowest BCUT2D eigenvalue weighted by Crippen LogP contribution is -1.99. The molecule has 0 radical (unpaired) electrons. The summed E-state index contributed by atoms with van der Waals surface area (Å²) >= 11 is 0. The van der Waals surface area contributed by atoms with Crippen LogP contribution in [0.5, 0.6) is 0 Å². The Labute approximate surface area is 59.3 Å². The van der Waals surface area contributed by atoms with Crippen LogP contribution in [-0.2, 0) is 9.53 Å².